The molecule has 0 N–H and O–H groups in total. The van der Waals surface area contributed by atoms with E-state index in [0.717, 1.165) is 24.5 Å². The molecule has 1 heterocycles. The van der Waals surface area contributed by atoms with Gasteiger partial charge in [0.15, 0.2) is 0 Å². The summed E-state index contributed by atoms with van der Waals surface area (Å²) in [5.41, 5.74) is 2.93. The number of carbonyl (C=O) groups is 2. The Bertz CT molecular complexity index is 799. The van der Waals surface area contributed by atoms with Gasteiger partial charge in [-0.3, -0.25) is 9.59 Å². The Hall–Kier alpha value is -2.82. The van der Waals surface area contributed by atoms with E-state index >= 15 is 0 Å². The first kappa shape index (κ1) is 20.9. The Kier molecular flexibility index (Phi) is 7.28. The average molecular weight is 394 g/mol. The van der Waals surface area contributed by atoms with Crippen molar-refractivity contribution in [3.8, 4) is 0 Å². The number of piperidine rings is 1. The highest BCUT2D eigenvalue weighted by Gasteiger charge is 2.18. The molecule has 0 atom stereocenters. The van der Waals surface area contributed by atoms with Crippen molar-refractivity contribution in [1.82, 2.24) is 0 Å². The number of rotatable bonds is 7. The molecular formula is C24H31N3O2. The van der Waals surface area contributed by atoms with Crippen LogP contribution in [0.3, 0.4) is 0 Å². The Labute approximate surface area is 173 Å². The highest BCUT2D eigenvalue weighted by Crippen LogP contribution is 2.24. The molecular weight excluding hydrogens is 362 g/mol. The van der Waals surface area contributed by atoms with Crippen molar-refractivity contribution in [1.29, 1.82) is 0 Å². The van der Waals surface area contributed by atoms with E-state index < -0.39 is 0 Å². The molecule has 0 bridgehead atoms. The highest BCUT2D eigenvalue weighted by molar-refractivity contribution is 5.96. The molecule has 0 saturated carbocycles. The van der Waals surface area contributed by atoms with E-state index in [4.69, 9.17) is 0 Å². The molecule has 5 nitrogen and oxygen atoms in total. The van der Waals surface area contributed by atoms with Crippen molar-refractivity contribution in [3.05, 3.63) is 54.6 Å². The van der Waals surface area contributed by atoms with E-state index in [1.54, 1.807) is 16.7 Å². The minimum Gasteiger partial charge on any atom is -0.372 e. The molecule has 1 aliphatic heterocycles. The van der Waals surface area contributed by atoms with E-state index in [1.165, 1.54) is 24.9 Å². The number of hydrogen-bond acceptors (Lipinski definition) is 3. The third kappa shape index (κ3) is 5.37. The van der Waals surface area contributed by atoms with E-state index in [2.05, 4.69) is 17.0 Å². The molecule has 2 aromatic rings. The standard InChI is InChI=1S/C24H31N3O2/c1-3-26(22-10-6-4-7-11-22)24(29)16-19-27(20(2)28)23-14-12-21(13-15-23)25-17-8-5-9-18-25/h4,6-7,10-15H,3,5,8-9,16-19H2,1-2H3. The second-order valence-corrected chi connectivity index (χ2v) is 7.46. The van der Waals surface area contributed by atoms with Crippen LogP contribution in [0, 0.1) is 0 Å². The summed E-state index contributed by atoms with van der Waals surface area (Å²) in [6.45, 7) is 6.69. The van der Waals surface area contributed by atoms with Gasteiger partial charge >= 0.3 is 0 Å². The van der Waals surface area contributed by atoms with Crippen molar-refractivity contribution in [3.63, 3.8) is 0 Å². The zero-order valence-electron chi connectivity index (χ0n) is 17.5. The van der Waals surface area contributed by atoms with Crippen LogP contribution in [0.1, 0.15) is 39.5 Å². The van der Waals surface area contributed by atoms with Crippen molar-refractivity contribution >= 4 is 28.9 Å². The first-order chi connectivity index (χ1) is 14.1. The van der Waals surface area contributed by atoms with E-state index in [0.29, 0.717) is 13.1 Å². The van der Waals surface area contributed by atoms with Crippen molar-refractivity contribution in [2.45, 2.75) is 39.5 Å². The number of carbonyl (C=O) groups excluding carboxylic acids is 2. The largest absolute Gasteiger partial charge is 0.372 e. The van der Waals surface area contributed by atoms with Gasteiger partial charge in [0, 0.05) is 56.6 Å². The fourth-order valence-electron chi connectivity index (χ4n) is 3.92. The number of nitrogens with zero attached hydrogens (tertiary/aromatic N) is 3. The molecule has 5 heteroatoms. The molecule has 2 amide bonds. The van der Waals surface area contributed by atoms with Crippen LogP contribution in [0.25, 0.3) is 0 Å². The molecule has 0 aromatic heterocycles. The third-order valence-electron chi connectivity index (χ3n) is 5.50. The van der Waals surface area contributed by atoms with Crippen LogP contribution in [-0.2, 0) is 9.59 Å². The minimum atomic E-state index is -0.0497. The minimum absolute atomic E-state index is 0.0230. The van der Waals surface area contributed by atoms with Gasteiger partial charge in [0.2, 0.25) is 11.8 Å². The van der Waals surface area contributed by atoms with Crippen LogP contribution in [0.2, 0.25) is 0 Å². The van der Waals surface area contributed by atoms with Crippen LogP contribution in [0.15, 0.2) is 54.6 Å². The third-order valence-corrected chi connectivity index (χ3v) is 5.50. The summed E-state index contributed by atoms with van der Waals surface area (Å²) in [5.74, 6) is -0.0267. The average Bonchev–Trinajstić information content (AvgIpc) is 2.76. The Balaban J connectivity index is 1.65. The summed E-state index contributed by atoms with van der Waals surface area (Å²) in [6.07, 6.45) is 4.06. The summed E-state index contributed by atoms with van der Waals surface area (Å²) in [6, 6.07) is 17.8. The lowest BCUT2D eigenvalue weighted by molar-refractivity contribution is -0.118. The van der Waals surface area contributed by atoms with Gasteiger partial charge in [0.25, 0.3) is 0 Å². The number of para-hydroxylation sites is 1. The number of benzene rings is 2. The monoisotopic (exact) mass is 393 g/mol. The van der Waals surface area contributed by atoms with Gasteiger partial charge in [-0.1, -0.05) is 18.2 Å². The van der Waals surface area contributed by atoms with Gasteiger partial charge < -0.3 is 14.7 Å². The molecule has 29 heavy (non-hydrogen) atoms. The number of anilines is 3. The maximum absolute atomic E-state index is 12.8. The molecule has 0 spiro atoms. The second-order valence-electron chi connectivity index (χ2n) is 7.46. The lowest BCUT2D eigenvalue weighted by atomic mass is 10.1. The van der Waals surface area contributed by atoms with E-state index in [1.807, 2.05) is 49.4 Å². The van der Waals surface area contributed by atoms with Gasteiger partial charge in [-0.15, -0.1) is 0 Å². The maximum Gasteiger partial charge on any atom is 0.228 e. The maximum atomic E-state index is 12.8. The van der Waals surface area contributed by atoms with Crippen molar-refractivity contribution < 1.29 is 9.59 Å². The lowest BCUT2D eigenvalue weighted by Crippen LogP contribution is -2.36. The van der Waals surface area contributed by atoms with Crippen molar-refractivity contribution in [2.24, 2.45) is 0 Å². The molecule has 0 unspecified atom stereocenters. The normalized spacial score (nSPS) is 13.8. The predicted octanol–water partition coefficient (Wildman–Crippen LogP) is 4.47. The predicted molar refractivity (Wildman–Crippen MR) is 120 cm³/mol. The number of hydrogen-bond donors (Lipinski definition) is 0. The molecule has 2 aromatic carbocycles. The van der Waals surface area contributed by atoms with E-state index in [-0.39, 0.29) is 18.2 Å². The molecule has 3 rings (SSSR count). The fraction of sp³-hybridized carbons (Fsp3) is 0.417. The molecule has 1 saturated heterocycles. The van der Waals surface area contributed by atoms with Gasteiger partial charge in [-0.2, -0.15) is 0 Å². The zero-order valence-corrected chi connectivity index (χ0v) is 17.5. The smallest absolute Gasteiger partial charge is 0.228 e. The summed E-state index contributed by atoms with van der Waals surface area (Å²) in [7, 11) is 0. The highest BCUT2D eigenvalue weighted by atomic mass is 16.2. The Morgan fingerprint density at radius 3 is 2.07 bits per heavy atom. The lowest BCUT2D eigenvalue weighted by Gasteiger charge is -2.29. The van der Waals surface area contributed by atoms with E-state index in [9.17, 15) is 9.59 Å². The van der Waals surface area contributed by atoms with Crippen LogP contribution < -0.4 is 14.7 Å². The second kappa shape index (κ2) is 10.1. The van der Waals surface area contributed by atoms with Crippen molar-refractivity contribution in [2.75, 3.05) is 40.9 Å². The van der Waals surface area contributed by atoms with Gasteiger partial charge in [-0.25, -0.2) is 0 Å². The van der Waals surface area contributed by atoms with Crippen LogP contribution in [0.4, 0.5) is 17.1 Å². The quantitative estimate of drug-likeness (QED) is 0.697. The molecule has 1 fully saturated rings. The van der Waals surface area contributed by atoms with Gasteiger partial charge in [0.1, 0.15) is 0 Å². The summed E-state index contributed by atoms with van der Waals surface area (Å²) in [5, 5.41) is 0. The molecule has 154 valence electrons. The zero-order chi connectivity index (χ0) is 20.6. The molecule has 0 radical (unpaired) electrons. The number of amides is 2. The summed E-state index contributed by atoms with van der Waals surface area (Å²) >= 11 is 0. The Morgan fingerprint density at radius 2 is 1.48 bits per heavy atom. The topological polar surface area (TPSA) is 43.9 Å². The van der Waals surface area contributed by atoms with Gasteiger partial charge in [-0.05, 0) is 62.6 Å². The van der Waals surface area contributed by atoms with Crippen LogP contribution in [-0.4, -0.2) is 38.0 Å². The SMILES string of the molecule is CCN(C(=O)CCN(C(C)=O)c1ccc(N2CCCCC2)cc1)c1ccccc1. The summed E-state index contributed by atoms with van der Waals surface area (Å²) < 4.78 is 0. The molecule has 0 aliphatic carbocycles. The first-order valence-corrected chi connectivity index (χ1v) is 10.6. The molecule has 1 aliphatic rings. The van der Waals surface area contributed by atoms with Gasteiger partial charge in [0.05, 0.1) is 0 Å². The first-order valence-electron chi connectivity index (χ1n) is 10.6. The Morgan fingerprint density at radius 1 is 0.862 bits per heavy atom. The summed E-state index contributed by atoms with van der Waals surface area (Å²) in [4.78, 5) is 30.9. The van der Waals surface area contributed by atoms with Crippen LogP contribution >= 0.6 is 0 Å². The fourth-order valence-corrected chi connectivity index (χ4v) is 3.92. The van der Waals surface area contributed by atoms with Crippen LogP contribution in [0.5, 0.6) is 0 Å².